The molecule has 0 bridgehead atoms. The Morgan fingerprint density at radius 1 is 1.50 bits per heavy atom. The lowest BCUT2D eigenvalue weighted by Crippen LogP contribution is -2.45. The number of aliphatic hydroxyl groups excluding tert-OH is 1. The molecule has 1 fully saturated rings. The molecule has 1 aliphatic heterocycles. The van der Waals surface area contributed by atoms with Crippen molar-refractivity contribution in [3.8, 4) is 0 Å². The number of carbonyl (C=O) groups excluding carboxylic acids is 1. The third-order valence-corrected chi connectivity index (χ3v) is 3.92. The Balaban J connectivity index is 2.20. The minimum Gasteiger partial charge on any atom is -0.393 e. The molecule has 4 heteroatoms. The van der Waals surface area contributed by atoms with E-state index in [1.165, 1.54) is 0 Å². The fourth-order valence-electron chi connectivity index (χ4n) is 2.67. The Morgan fingerprint density at radius 3 is 2.90 bits per heavy atom. The first-order valence-corrected chi connectivity index (χ1v) is 7.34. The van der Waals surface area contributed by atoms with Crippen molar-refractivity contribution in [3.05, 3.63) is 29.3 Å². The van der Waals surface area contributed by atoms with Crippen LogP contribution in [-0.4, -0.2) is 41.7 Å². The van der Waals surface area contributed by atoms with E-state index in [-0.39, 0.29) is 17.9 Å². The van der Waals surface area contributed by atoms with Crippen molar-refractivity contribution in [2.75, 3.05) is 25.0 Å². The molecule has 1 heterocycles. The third-order valence-electron chi connectivity index (χ3n) is 3.92. The van der Waals surface area contributed by atoms with Crippen LogP contribution < -0.4 is 5.32 Å². The van der Waals surface area contributed by atoms with Crippen molar-refractivity contribution in [3.63, 3.8) is 0 Å². The molecule has 0 spiro atoms. The summed E-state index contributed by atoms with van der Waals surface area (Å²) >= 11 is 0. The maximum atomic E-state index is 12.7. The van der Waals surface area contributed by atoms with Crippen molar-refractivity contribution in [1.82, 2.24) is 4.90 Å². The zero-order chi connectivity index (χ0) is 14.7. The van der Waals surface area contributed by atoms with Gasteiger partial charge in [0.05, 0.1) is 11.7 Å². The van der Waals surface area contributed by atoms with Crippen LogP contribution in [0.25, 0.3) is 0 Å². The summed E-state index contributed by atoms with van der Waals surface area (Å²) in [5.74, 6) is 0.195. The summed E-state index contributed by atoms with van der Waals surface area (Å²) in [4.78, 5) is 14.5. The van der Waals surface area contributed by atoms with Crippen LogP contribution >= 0.6 is 0 Å². The number of aliphatic hydroxyl groups is 1. The second kappa shape index (κ2) is 6.27. The Hall–Kier alpha value is -1.55. The molecule has 1 saturated heterocycles. The summed E-state index contributed by atoms with van der Waals surface area (Å²) in [6.45, 7) is 8.08. The lowest BCUT2D eigenvalue weighted by atomic mass is 9.96. The average molecular weight is 276 g/mol. The van der Waals surface area contributed by atoms with Gasteiger partial charge in [0.25, 0.3) is 5.91 Å². The zero-order valence-electron chi connectivity index (χ0n) is 12.5. The Bertz CT molecular complexity index is 487. The molecule has 4 nitrogen and oxygen atoms in total. The van der Waals surface area contributed by atoms with Crippen LogP contribution in [0.4, 0.5) is 5.69 Å². The molecule has 0 aromatic heterocycles. The molecule has 110 valence electrons. The number of hydrogen-bond donors (Lipinski definition) is 2. The number of hydrogen-bond acceptors (Lipinski definition) is 3. The number of piperidine rings is 1. The van der Waals surface area contributed by atoms with E-state index in [0.717, 1.165) is 23.4 Å². The van der Waals surface area contributed by atoms with Crippen LogP contribution in [0.1, 0.15) is 36.2 Å². The first-order chi connectivity index (χ1) is 9.52. The van der Waals surface area contributed by atoms with Crippen LogP contribution in [0, 0.1) is 12.8 Å². The average Bonchev–Trinajstić information content (AvgIpc) is 2.42. The van der Waals surface area contributed by atoms with E-state index in [4.69, 9.17) is 0 Å². The number of nitrogens with one attached hydrogen (secondary N) is 1. The Morgan fingerprint density at radius 2 is 2.25 bits per heavy atom. The van der Waals surface area contributed by atoms with Crippen molar-refractivity contribution in [2.45, 2.75) is 33.3 Å². The fourth-order valence-corrected chi connectivity index (χ4v) is 2.67. The van der Waals surface area contributed by atoms with E-state index in [1.807, 2.05) is 43.9 Å². The predicted molar refractivity (Wildman–Crippen MR) is 81.0 cm³/mol. The molecule has 1 aromatic carbocycles. The number of rotatable bonds is 3. The molecule has 2 N–H and O–H groups in total. The smallest absolute Gasteiger partial charge is 0.255 e. The molecular weight excluding hydrogens is 252 g/mol. The van der Waals surface area contributed by atoms with Crippen molar-refractivity contribution >= 4 is 11.6 Å². The van der Waals surface area contributed by atoms with E-state index in [0.29, 0.717) is 19.5 Å². The number of carbonyl (C=O) groups is 1. The van der Waals surface area contributed by atoms with Crippen LogP contribution in [0.2, 0.25) is 0 Å². The standard InChI is InChI=1S/C16H24N2O2/c1-4-17-14-9-11(2)5-6-13(14)16(20)18-8-7-15(19)12(3)10-18/h5-6,9,12,15,17,19H,4,7-8,10H2,1-3H3. The third kappa shape index (κ3) is 3.12. The summed E-state index contributed by atoms with van der Waals surface area (Å²) in [7, 11) is 0. The molecule has 0 saturated carbocycles. The van der Waals surface area contributed by atoms with Gasteiger partial charge in [-0.05, 0) is 43.9 Å². The summed E-state index contributed by atoms with van der Waals surface area (Å²) in [6.07, 6.45) is 0.375. The Kier molecular flexibility index (Phi) is 4.65. The van der Waals surface area contributed by atoms with E-state index in [2.05, 4.69) is 5.32 Å². The lowest BCUT2D eigenvalue weighted by Gasteiger charge is -2.34. The van der Waals surface area contributed by atoms with Gasteiger partial charge < -0.3 is 15.3 Å². The van der Waals surface area contributed by atoms with Crippen LogP contribution in [0.5, 0.6) is 0 Å². The highest BCUT2D eigenvalue weighted by Crippen LogP contribution is 2.23. The summed E-state index contributed by atoms with van der Waals surface area (Å²) in [5.41, 5.74) is 2.76. The second-order valence-electron chi connectivity index (χ2n) is 5.66. The zero-order valence-corrected chi connectivity index (χ0v) is 12.5. The fraction of sp³-hybridized carbons (Fsp3) is 0.562. The highest BCUT2D eigenvalue weighted by atomic mass is 16.3. The van der Waals surface area contributed by atoms with Gasteiger partial charge in [0.1, 0.15) is 0 Å². The van der Waals surface area contributed by atoms with Gasteiger partial charge in [-0.1, -0.05) is 13.0 Å². The molecule has 0 radical (unpaired) electrons. The van der Waals surface area contributed by atoms with Crippen LogP contribution in [0.3, 0.4) is 0 Å². The molecule has 2 atom stereocenters. The number of anilines is 1. The van der Waals surface area contributed by atoms with Gasteiger partial charge in [0.15, 0.2) is 0 Å². The van der Waals surface area contributed by atoms with Gasteiger partial charge in [-0.3, -0.25) is 4.79 Å². The first-order valence-electron chi connectivity index (χ1n) is 7.34. The summed E-state index contributed by atoms with van der Waals surface area (Å²) in [6, 6.07) is 5.88. The topological polar surface area (TPSA) is 52.6 Å². The van der Waals surface area contributed by atoms with E-state index >= 15 is 0 Å². The Labute approximate surface area is 120 Å². The minimum absolute atomic E-state index is 0.0553. The number of amides is 1. The van der Waals surface area contributed by atoms with E-state index < -0.39 is 0 Å². The van der Waals surface area contributed by atoms with Gasteiger partial charge in [-0.2, -0.15) is 0 Å². The predicted octanol–water partition coefficient (Wildman–Crippen LogP) is 2.27. The first kappa shape index (κ1) is 14.9. The van der Waals surface area contributed by atoms with Crippen molar-refractivity contribution in [1.29, 1.82) is 0 Å². The molecule has 20 heavy (non-hydrogen) atoms. The quantitative estimate of drug-likeness (QED) is 0.890. The van der Waals surface area contributed by atoms with Crippen LogP contribution in [0.15, 0.2) is 18.2 Å². The SMILES string of the molecule is CCNc1cc(C)ccc1C(=O)N1CCC(O)C(C)C1. The number of benzene rings is 1. The molecule has 1 aromatic rings. The maximum absolute atomic E-state index is 12.7. The van der Waals surface area contributed by atoms with E-state index in [1.54, 1.807) is 0 Å². The lowest BCUT2D eigenvalue weighted by molar-refractivity contribution is 0.0298. The van der Waals surface area contributed by atoms with Gasteiger partial charge in [-0.15, -0.1) is 0 Å². The highest BCUT2D eigenvalue weighted by Gasteiger charge is 2.28. The maximum Gasteiger partial charge on any atom is 0.255 e. The van der Waals surface area contributed by atoms with Gasteiger partial charge in [0, 0.05) is 25.3 Å². The van der Waals surface area contributed by atoms with Crippen LogP contribution in [-0.2, 0) is 0 Å². The van der Waals surface area contributed by atoms with Crippen molar-refractivity contribution in [2.24, 2.45) is 5.92 Å². The highest BCUT2D eigenvalue weighted by molar-refractivity contribution is 5.99. The molecule has 1 aliphatic rings. The van der Waals surface area contributed by atoms with E-state index in [9.17, 15) is 9.90 Å². The second-order valence-corrected chi connectivity index (χ2v) is 5.66. The minimum atomic E-state index is -0.287. The number of aryl methyl sites for hydroxylation is 1. The largest absolute Gasteiger partial charge is 0.393 e. The molecule has 2 rings (SSSR count). The molecular formula is C16H24N2O2. The van der Waals surface area contributed by atoms with Gasteiger partial charge in [0.2, 0.25) is 0 Å². The molecule has 0 aliphatic carbocycles. The normalized spacial score (nSPS) is 22.7. The molecule has 1 amide bonds. The summed E-state index contributed by atoms with van der Waals surface area (Å²) in [5, 5.41) is 13.0. The van der Waals surface area contributed by atoms with Gasteiger partial charge >= 0.3 is 0 Å². The number of nitrogens with zero attached hydrogens (tertiary/aromatic N) is 1. The summed E-state index contributed by atoms with van der Waals surface area (Å²) < 4.78 is 0. The van der Waals surface area contributed by atoms with Gasteiger partial charge in [-0.25, -0.2) is 0 Å². The van der Waals surface area contributed by atoms with Crippen molar-refractivity contribution < 1.29 is 9.90 Å². The monoisotopic (exact) mass is 276 g/mol. The molecule has 2 unspecified atom stereocenters. The number of likely N-dealkylation sites (tertiary alicyclic amines) is 1.